The fourth-order valence-electron chi connectivity index (χ4n) is 1.47. The number of carbonyl (C=O) groups excluding carboxylic acids is 1. The number of benzene rings is 1. The fourth-order valence-corrected chi connectivity index (χ4v) is 2.19. The minimum atomic E-state index is -0.171. The predicted octanol–water partition coefficient (Wildman–Crippen LogP) is 3.99. The van der Waals surface area contributed by atoms with E-state index >= 15 is 0 Å². The van der Waals surface area contributed by atoms with Gasteiger partial charge in [0.2, 0.25) is 0 Å². The highest BCUT2D eigenvalue weighted by atomic mass is 79.9. The second-order valence-electron chi connectivity index (χ2n) is 3.68. The van der Waals surface area contributed by atoms with E-state index in [2.05, 4.69) is 42.2 Å². The minimum Gasteiger partial charge on any atom is -0.322 e. The molecule has 0 aliphatic carbocycles. The summed E-state index contributed by atoms with van der Waals surface area (Å²) in [4.78, 5) is 15.9. The van der Waals surface area contributed by atoms with Gasteiger partial charge in [0.25, 0.3) is 5.91 Å². The quantitative estimate of drug-likeness (QED) is 0.831. The molecule has 1 amide bonds. The van der Waals surface area contributed by atoms with Crippen molar-refractivity contribution in [1.82, 2.24) is 4.98 Å². The van der Waals surface area contributed by atoms with Crippen LogP contribution in [-0.2, 0) is 5.33 Å². The summed E-state index contributed by atoms with van der Waals surface area (Å²) < 4.78 is 0.782. The highest BCUT2D eigenvalue weighted by Crippen LogP contribution is 2.15. The lowest BCUT2D eigenvalue weighted by Crippen LogP contribution is -2.12. The van der Waals surface area contributed by atoms with E-state index in [1.54, 1.807) is 12.3 Å². The number of alkyl halides is 1. The molecule has 0 bridgehead atoms. The zero-order chi connectivity index (χ0) is 13.0. The number of hydrogen-bond acceptors (Lipinski definition) is 2. The van der Waals surface area contributed by atoms with Crippen LogP contribution < -0.4 is 5.32 Å². The molecule has 1 aromatic carbocycles. The molecular weight excluding hydrogens is 360 g/mol. The van der Waals surface area contributed by atoms with Gasteiger partial charge >= 0.3 is 0 Å². The second-order valence-corrected chi connectivity index (χ2v) is 5.16. The van der Waals surface area contributed by atoms with E-state index in [1.165, 1.54) is 6.20 Å². The molecule has 18 heavy (non-hydrogen) atoms. The van der Waals surface area contributed by atoms with Gasteiger partial charge in [-0.1, -0.05) is 28.1 Å². The van der Waals surface area contributed by atoms with Crippen molar-refractivity contribution >= 4 is 43.5 Å². The lowest BCUT2D eigenvalue weighted by atomic mass is 10.2. The van der Waals surface area contributed by atoms with Gasteiger partial charge in [0.05, 0.1) is 5.56 Å². The van der Waals surface area contributed by atoms with Crippen LogP contribution in [-0.4, -0.2) is 10.9 Å². The predicted molar refractivity (Wildman–Crippen MR) is 79.0 cm³/mol. The molecule has 92 valence electrons. The van der Waals surface area contributed by atoms with Gasteiger partial charge in [0.15, 0.2) is 0 Å². The maximum Gasteiger partial charge on any atom is 0.257 e. The first-order chi connectivity index (χ1) is 8.69. The molecule has 0 saturated carbocycles. The Kier molecular flexibility index (Phi) is 4.49. The Morgan fingerprint density at radius 3 is 2.83 bits per heavy atom. The summed E-state index contributed by atoms with van der Waals surface area (Å²) in [5.41, 5.74) is 2.41. The molecule has 2 aromatic rings. The lowest BCUT2D eigenvalue weighted by molar-refractivity contribution is 0.102. The minimum absolute atomic E-state index is 0.171. The molecule has 1 N–H and O–H groups in total. The summed E-state index contributed by atoms with van der Waals surface area (Å²) in [6.07, 6.45) is 3.18. The van der Waals surface area contributed by atoms with Crippen LogP contribution in [0.15, 0.2) is 47.2 Å². The molecule has 0 saturated heterocycles. The summed E-state index contributed by atoms with van der Waals surface area (Å²) in [5.74, 6) is -0.171. The number of hydrogen-bond donors (Lipinski definition) is 1. The summed E-state index contributed by atoms with van der Waals surface area (Å²) in [5, 5.41) is 3.60. The van der Waals surface area contributed by atoms with Crippen molar-refractivity contribution in [2.75, 3.05) is 5.32 Å². The van der Waals surface area contributed by atoms with Crippen molar-refractivity contribution in [3.63, 3.8) is 0 Å². The van der Waals surface area contributed by atoms with Crippen molar-refractivity contribution in [3.05, 3.63) is 58.3 Å². The normalized spacial score (nSPS) is 10.1. The molecule has 3 nitrogen and oxygen atoms in total. The number of carbonyl (C=O) groups is 1. The van der Waals surface area contributed by atoms with Crippen LogP contribution in [0.5, 0.6) is 0 Å². The molecular formula is C13H10Br2N2O. The Morgan fingerprint density at radius 1 is 1.28 bits per heavy atom. The van der Waals surface area contributed by atoms with Crippen molar-refractivity contribution in [2.45, 2.75) is 5.33 Å². The van der Waals surface area contributed by atoms with E-state index in [0.717, 1.165) is 21.1 Å². The first kappa shape index (κ1) is 13.2. The number of nitrogens with one attached hydrogen (secondary N) is 1. The standard InChI is InChI=1S/C13H10Br2N2O/c14-6-9-2-1-3-12(4-9)17-13(18)10-5-11(15)8-16-7-10/h1-5,7-8H,6H2,(H,17,18). The third-order valence-corrected chi connectivity index (χ3v) is 3.39. The van der Waals surface area contributed by atoms with E-state index in [9.17, 15) is 4.79 Å². The highest BCUT2D eigenvalue weighted by Gasteiger charge is 2.07. The average molecular weight is 370 g/mol. The molecule has 0 aliphatic heterocycles. The maximum atomic E-state index is 12.0. The Bertz CT molecular complexity index is 572. The third-order valence-electron chi connectivity index (χ3n) is 2.31. The summed E-state index contributed by atoms with van der Waals surface area (Å²) in [6.45, 7) is 0. The van der Waals surface area contributed by atoms with Crippen LogP contribution in [0.1, 0.15) is 15.9 Å². The number of halogens is 2. The van der Waals surface area contributed by atoms with E-state index in [1.807, 2.05) is 24.3 Å². The number of pyridine rings is 1. The maximum absolute atomic E-state index is 12.0. The molecule has 0 fully saturated rings. The van der Waals surface area contributed by atoms with Crippen LogP contribution in [0.25, 0.3) is 0 Å². The molecule has 5 heteroatoms. The Balaban J connectivity index is 2.16. The molecule has 0 aliphatic rings. The van der Waals surface area contributed by atoms with Crippen LogP contribution >= 0.6 is 31.9 Å². The summed E-state index contributed by atoms with van der Waals surface area (Å²) in [6, 6.07) is 9.42. The number of aromatic nitrogens is 1. The second kappa shape index (κ2) is 6.11. The number of nitrogens with zero attached hydrogens (tertiary/aromatic N) is 1. The molecule has 0 unspecified atom stereocenters. The highest BCUT2D eigenvalue weighted by molar-refractivity contribution is 9.10. The van der Waals surface area contributed by atoms with E-state index in [4.69, 9.17) is 0 Å². The van der Waals surface area contributed by atoms with Crippen molar-refractivity contribution < 1.29 is 4.79 Å². The Morgan fingerprint density at radius 2 is 2.11 bits per heavy atom. The Hall–Kier alpha value is -1.20. The molecule has 2 rings (SSSR count). The average Bonchev–Trinajstić information content (AvgIpc) is 2.39. The van der Waals surface area contributed by atoms with Gasteiger partial charge in [0, 0.05) is 27.9 Å². The zero-order valence-electron chi connectivity index (χ0n) is 9.36. The topological polar surface area (TPSA) is 42.0 Å². The van der Waals surface area contributed by atoms with Crippen LogP contribution in [0.3, 0.4) is 0 Å². The number of rotatable bonds is 3. The summed E-state index contributed by atoms with van der Waals surface area (Å²) in [7, 11) is 0. The molecule has 0 radical (unpaired) electrons. The smallest absolute Gasteiger partial charge is 0.257 e. The van der Waals surface area contributed by atoms with E-state index in [0.29, 0.717) is 5.56 Å². The van der Waals surface area contributed by atoms with Crippen LogP contribution in [0.2, 0.25) is 0 Å². The van der Waals surface area contributed by atoms with E-state index in [-0.39, 0.29) is 5.91 Å². The van der Waals surface area contributed by atoms with Gasteiger partial charge in [-0.2, -0.15) is 0 Å². The largest absolute Gasteiger partial charge is 0.322 e. The first-order valence-electron chi connectivity index (χ1n) is 5.26. The number of amides is 1. The monoisotopic (exact) mass is 368 g/mol. The van der Waals surface area contributed by atoms with Crippen LogP contribution in [0, 0.1) is 0 Å². The van der Waals surface area contributed by atoms with Crippen molar-refractivity contribution in [1.29, 1.82) is 0 Å². The van der Waals surface area contributed by atoms with Gasteiger partial charge in [-0.3, -0.25) is 9.78 Å². The van der Waals surface area contributed by atoms with Gasteiger partial charge in [0.1, 0.15) is 0 Å². The molecule has 1 aromatic heterocycles. The van der Waals surface area contributed by atoms with Crippen molar-refractivity contribution in [3.8, 4) is 0 Å². The fraction of sp³-hybridized carbons (Fsp3) is 0.0769. The van der Waals surface area contributed by atoms with Gasteiger partial charge < -0.3 is 5.32 Å². The summed E-state index contributed by atoms with van der Waals surface area (Å²) >= 11 is 6.67. The van der Waals surface area contributed by atoms with Gasteiger partial charge in [-0.25, -0.2) is 0 Å². The van der Waals surface area contributed by atoms with Crippen molar-refractivity contribution in [2.24, 2.45) is 0 Å². The molecule has 1 heterocycles. The Labute approximate surface area is 122 Å². The number of anilines is 1. The SMILES string of the molecule is O=C(Nc1cccc(CBr)c1)c1cncc(Br)c1. The molecule has 0 spiro atoms. The van der Waals surface area contributed by atoms with Crippen LogP contribution in [0.4, 0.5) is 5.69 Å². The van der Waals surface area contributed by atoms with E-state index < -0.39 is 0 Å². The molecule has 0 atom stereocenters. The lowest BCUT2D eigenvalue weighted by Gasteiger charge is -2.06. The zero-order valence-corrected chi connectivity index (χ0v) is 12.5. The van der Waals surface area contributed by atoms with Gasteiger partial charge in [-0.05, 0) is 39.7 Å². The third kappa shape index (κ3) is 3.40. The first-order valence-corrected chi connectivity index (χ1v) is 7.17. The van der Waals surface area contributed by atoms with Gasteiger partial charge in [-0.15, -0.1) is 0 Å².